The molecule has 0 aromatic carbocycles. The van der Waals surface area contributed by atoms with Gasteiger partial charge in [0.1, 0.15) is 17.9 Å². The highest BCUT2D eigenvalue weighted by Gasteiger charge is 2.38. The highest BCUT2D eigenvalue weighted by molar-refractivity contribution is 6.09. The fraction of sp³-hybridized carbons (Fsp3) is 0.429. The summed E-state index contributed by atoms with van der Waals surface area (Å²) >= 11 is 0. The Morgan fingerprint density at radius 2 is 2.07 bits per heavy atom. The summed E-state index contributed by atoms with van der Waals surface area (Å²) in [6, 6.07) is 2.07. The molecular weight excluding hydrogens is 354 g/mol. The quantitative estimate of drug-likeness (QED) is 0.753. The molecule has 144 valence electrons. The van der Waals surface area contributed by atoms with E-state index >= 15 is 0 Å². The van der Waals surface area contributed by atoms with Gasteiger partial charge >= 0.3 is 0 Å². The summed E-state index contributed by atoms with van der Waals surface area (Å²) in [5.74, 6) is 1.27. The van der Waals surface area contributed by atoms with Gasteiger partial charge in [-0.3, -0.25) is 9.78 Å². The van der Waals surface area contributed by atoms with E-state index in [1.807, 2.05) is 24.9 Å². The average Bonchev–Trinajstić information content (AvgIpc) is 3.23. The molecule has 5 rings (SSSR count). The Balaban J connectivity index is 1.51. The zero-order chi connectivity index (χ0) is 19.5. The van der Waals surface area contributed by atoms with Gasteiger partial charge in [0.15, 0.2) is 0 Å². The van der Waals surface area contributed by atoms with Gasteiger partial charge in [0.05, 0.1) is 10.9 Å². The number of fused-ring (bicyclic) bond motifs is 2. The summed E-state index contributed by atoms with van der Waals surface area (Å²) in [5, 5.41) is 4.17. The van der Waals surface area contributed by atoms with E-state index in [2.05, 4.69) is 33.3 Å². The molecule has 3 aromatic heterocycles. The van der Waals surface area contributed by atoms with E-state index in [9.17, 15) is 4.79 Å². The van der Waals surface area contributed by atoms with Crippen molar-refractivity contribution in [1.29, 1.82) is 0 Å². The van der Waals surface area contributed by atoms with Crippen molar-refractivity contribution >= 4 is 22.8 Å². The first-order valence-corrected chi connectivity index (χ1v) is 9.70. The van der Waals surface area contributed by atoms with Crippen LogP contribution in [-0.4, -0.2) is 37.8 Å². The van der Waals surface area contributed by atoms with Crippen LogP contribution in [0.2, 0.25) is 0 Å². The fourth-order valence-corrected chi connectivity index (χ4v) is 3.80. The Morgan fingerprint density at radius 1 is 1.25 bits per heavy atom. The highest BCUT2D eigenvalue weighted by Crippen LogP contribution is 2.40. The summed E-state index contributed by atoms with van der Waals surface area (Å²) in [6.45, 7) is 7.21. The van der Waals surface area contributed by atoms with E-state index in [4.69, 9.17) is 4.42 Å². The number of amides is 1. The predicted octanol–water partition coefficient (Wildman–Crippen LogP) is 3.40. The minimum atomic E-state index is -0.0460. The number of aryl methyl sites for hydroxylation is 2. The van der Waals surface area contributed by atoms with Crippen molar-refractivity contribution in [3.8, 4) is 0 Å². The summed E-state index contributed by atoms with van der Waals surface area (Å²) in [4.78, 5) is 28.6. The first-order chi connectivity index (χ1) is 13.4. The lowest BCUT2D eigenvalue weighted by Gasteiger charge is -2.28. The summed E-state index contributed by atoms with van der Waals surface area (Å²) in [6.07, 6.45) is 6.44. The topological polar surface area (TPSA) is 84.2 Å². The normalized spacial score (nSPS) is 17.5. The number of hydrogen-bond donors (Lipinski definition) is 1. The Kier molecular flexibility index (Phi) is 3.69. The SMILES string of the molecule is Cc1cc2c(cn1)CCN(C(=O)c1coc3nc(C)nc(NC4(C)CC4)c13)C2. The van der Waals surface area contributed by atoms with Crippen LogP contribution in [0.25, 0.3) is 11.1 Å². The zero-order valence-corrected chi connectivity index (χ0v) is 16.4. The van der Waals surface area contributed by atoms with E-state index in [0.29, 0.717) is 41.4 Å². The monoisotopic (exact) mass is 377 g/mol. The van der Waals surface area contributed by atoms with E-state index in [1.165, 1.54) is 11.8 Å². The number of pyridine rings is 1. The second-order valence-corrected chi connectivity index (χ2v) is 8.21. The molecule has 1 aliphatic heterocycles. The molecule has 1 N–H and O–H groups in total. The predicted molar refractivity (Wildman–Crippen MR) is 105 cm³/mol. The molecular formula is C21H23N5O2. The van der Waals surface area contributed by atoms with Crippen LogP contribution in [-0.2, 0) is 13.0 Å². The lowest BCUT2D eigenvalue weighted by molar-refractivity contribution is 0.0735. The molecule has 1 saturated carbocycles. The Hall–Kier alpha value is -2.96. The third-order valence-corrected chi connectivity index (χ3v) is 5.72. The zero-order valence-electron chi connectivity index (χ0n) is 16.4. The molecule has 3 aromatic rings. The number of hydrogen-bond acceptors (Lipinski definition) is 6. The van der Waals surface area contributed by atoms with Crippen LogP contribution < -0.4 is 5.32 Å². The van der Waals surface area contributed by atoms with Gasteiger partial charge in [-0.15, -0.1) is 0 Å². The van der Waals surface area contributed by atoms with Crippen LogP contribution in [0.5, 0.6) is 0 Å². The lowest BCUT2D eigenvalue weighted by atomic mass is 10.0. The number of carbonyl (C=O) groups is 1. The molecule has 7 nitrogen and oxygen atoms in total. The van der Waals surface area contributed by atoms with Gasteiger partial charge in [-0.2, -0.15) is 4.98 Å². The van der Waals surface area contributed by atoms with Crippen molar-refractivity contribution in [2.24, 2.45) is 0 Å². The van der Waals surface area contributed by atoms with Gasteiger partial charge < -0.3 is 14.6 Å². The van der Waals surface area contributed by atoms with Crippen LogP contribution in [0.1, 0.15) is 52.8 Å². The van der Waals surface area contributed by atoms with E-state index in [0.717, 1.165) is 30.5 Å². The molecule has 1 amide bonds. The average molecular weight is 377 g/mol. The van der Waals surface area contributed by atoms with Gasteiger partial charge in [-0.25, -0.2) is 4.98 Å². The molecule has 0 radical (unpaired) electrons. The van der Waals surface area contributed by atoms with Gasteiger partial charge in [0, 0.05) is 30.5 Å². The number of nitrogens with one attached hydrogen (secondary N) is 1. The number of anilines is 1. The van der Waals surface area contributed by atoms with Crippen molar-refractivity contribution in [3.63, 3.8) is 0 Å². The van der Waals surface area contributed by atoms with Crippen LogP contribution in [0.3, 0.4) is 0 Å². The van der Waals surface area contributed by atoms with Gasteiger partial charge in [0.25, 0.3) is 5.91 Å². The first-order valence-electron chi connectivity index (χ1n) is 9.70. The maximum Gasteiger partial charge on any atom is 0.258 e. The number of aromatic nitrogens is 3. The van der Waals surface area contributed by atoms with Gasteiger partial charge in [-0.05, 0) is 57.2 Å². The van der Waals surface area contributed by atoms with Crippen molar-refractivity contribution in [2.75, 3.05) is 11.9 Å². The largest absolute Gasteiger partial charge is 0.445 e. The molecule has 0 saturated heterocycles. The molecule has 0 spiro atoms. The molecule has 1 fully saturated rings. The number of nitrogens with zero attached hydrogens (tertiary/aromatic N) is 4. The molecule has 4 heterocycles. The van der Waals surface area contributed by atoms with Crippen molar-refractivity contribution in [2.45, 2.75) is 52.1 Å². The van der Waals surface area contributed by atoms with Crippen LogP contribution in [0.15, 0.2) is 22.9 Å². The van der Waals surface area contributed by atoms with Crippen LogP contribution >= 0.6 is 0 Å². The molecule has 2 aliphatic rings. The molecule has 0 unspecified atom stereocenters. The van der Waals surface area contributed by atoms with Crippen molar-refractivity contribution in [3.05, 3.63) is 46.7 Å². The Bertz CT molecular complexity index is 1100. The minimum Gasteiger partial charge on any atom is -0.445 e. The second-order valence-electron chi connectivity index (χ2n) is 8.21. The van der Waals surface area contributed by atoms with E-state index < -0.39 is 0 Å². The molecule has 7 heteroatoms. The highest BCUT2D eigenvalue weighted by atomic mass is 16.3. The van der Waals surface area contributed by atoms with E-state index in [-0.39, 0.29) is 11.4 Å². The maximum atomic E-state index is 13.4. The maximum absolute atomic E-state index is 13.4. The van der Waals surface area contributed by atoms with Crippen LogP contribution in [0, 0.1) is 13.8 Å². The summed E-state index contributed by atoms with van der Waals surface area (Å²) < 4.78 is 5.66. The van der Waals surface area contributed by atoms with Crippen LogP contribution in [0.4, 0.5) is 5.82 Å². The Morgan fingerprint density at radius 3 is 2.86 bits per heavy atom. The Labute approximate surface area is 163 Å². The standard InChI is InChI=1S/C21H23N5O2/c1-12-8-15-10-26(7-4-14(15)9-22-12)20(27)16-11-28-19-17(16)18(23-13(2)24-19)25-21(3)5-6-21/h8-9,11H,4-7,10H2,1-3H3,(H,23,24,25). The van der Waals surface area contributed by atoms with Gasteiger partial charge in [0.2, 0.25) is 5.71 Å². The molecule has 0 atom stereocenters. The van der Waals surface area contributed by atoms with Gasteiger partial charge in [-0.1, -0.05) is 0 Å². The van der Waals surface area contributed by atoms with E-state index in [1.54, 1.807) is 0 Å². The number of carbonyl (C=O) groups excluding carboxylic acids is 1. The smallest absolute Gasteiger partial charge is 0.258 e. The second kappa shape index (κ2) is 6.02. The van der Waals surface area contributed by atoms with Crippen molar-refractivity contribution < 1.29 is 9.21 Å². The van der Waals surface area contributed by atoms with Crippen molar-refractivity contribution in [1.82, 2.24) is 19.9 Å². The number of rotatable bonds is 3. The molecule has 28 heavy (non-hydrogen) atoms. The first kappa shape index (κ1) is 17.2. The summed E-state index contributed by atoms with van der Waals surface area (Å²) in [5.41, 5.74) is 4.37. The molecule has 0 bridgehead atoms. The summed E-state index contributed by atoms with van der Waals surface area (Å²) in [7, 11) is 0. The molecule has 1 aliphatic carbocycles. The fourth-order valence-electron chi connectivity index (χ4n) is 3.80. The number of furan rings is 1. The third-order valence-electron chi connectivity index (χ3n) is 5.72. The minimum absolute atomic E-state index is 0.0416. The lowest BCUT2D eigenvalue weighted by Crippen LogP contribution is -2.36. The third kappa shape index (κ3) is 2.91.